The molecule has 5 nitrogen and oxygen atoms in total. The first-order valence-corrected chi connectivity index (χ1v) is 11.6. The van der Waals surface area contributed by atoms with Gasteiger partial charge < -0.3 is 4.57 Å². The highest BCUT2D eigenvalue weighted by molar-refractivity contribution is 7.07. The lowest BCUT2D eigenvalue weighted by Crippen LogP contribution is -2.47. The van der Waals surface area contributed by atoms with Crippen LogP contribution in [0.1, 0.15) is 34.7 Å². The van der Waals surface area contributed by atoms with Gasteiger partial charge in [-0.25, -0.2) is 0 Å². The zero-order valence-electron chi connectivity index (χ0n) is 17.4. The lowest BCUT2D eigenvalue weighted by molar-refractivity contribution is 0.114. The topological polar surface area (TPSA) is 41.4 Å². The molecule has 3 aromatic heterocycles. The lowest BCUT2D eigenvalue weighted by Gasteiger charge is -2.43. The van der Waals surface area contributed by atoms with E-state index < -0.39 is 0 Å². The second-order valence-corrected chi connectivity index (χ2v) is 9.63. The van der Waals surface area contributed by atoms with Gasteiger partial charge in [-0.05, 0) is 65.5 Å². The van der Waals surface area contributed by atoms with Gasteiger partial charge in [0.15, 0.2) is 0 Å². The van der Waals surface area contributed by atoms with Crippen molar-refractivity contribution in [2.75, 3.05) is 20.1 Å². The molecule has 5 rings (SSSR count). The highest BCUT2D eigenvalue weighted by Crippen LogP contribution is 2.35. The number of hydrogen-bond donors (Lipinski definition) is 0. The minimum Gasteiger partial charge on any atom is -0.312 e. The van der Waals surface area contributed by atoms with Gasteiger partial charge in [0, 0.05) is 68.8 Å². The quantitative estimate of drug-likeness (QED) is 0.612. The molecule has 3 aromatic rings. The Kier molecular flexibility index (Phi) is 5.54. The van der Waals surface area contributed by atoms with E-state index in [1.165, 1.54) is 23.2 Å². The van der Waals surface area contributed by atoms with E-state index in [4.69, 9.17) is 0 Å². The summed E-state index contributed by atoms with van der Waals surface area (Å²) < 4.78 is 2.08. The number of aromatic nitrogens is 2. The van der Waals surface area contributed by atoms with E-state index >= 15 is 0 Å². The summed E-state index contributed by atoms with van der Waals surface area (Å²) in [5.41, 5.74) is 4.96. The maximum absolute atomic E-state index is 13.3. The predicted octanol–water partition coefficient (Wildman–Crippen LogP) is 3.56. The fourth-order valence-electron chi connectivity index (χ4n) is 5.13. The molecule has 2 aliphatic heterocycles. The Morgan fingerprint density at radius 3 is 2.73 bits per heavy atom. The van der Waals surface area contributed by atoms with E-state index in [-0.39, 0.29) is 5.56 Å². The van der Waals surface area contributed by atoms with Crippen LogP contribution < -0.4 is 5.56 Å². The van der Waals surface area contributed by atoms with Crippen LogP contribution in [-0.2, 0) is 26.2 Å². The second-order valence-electron chi connectivity index (χ2n) is 8.85. The Balaban J connectivity index is 1.31. The molecule has 0 aliphatic carbocycles. The number of thiophene rings is 1. The summed E-state index contributed by atoms with van der Waals surface area (Å²) in [5, 5.41) is 4.28. The molecule has 1 fully saturated rings. The number of fused-ring (bicyclic) bond motifs is 4. The summed E-state index contributed by atoms with van der Waals surface area (Å²) in [6.07, 6.45) is 4.93. The Labute approximate surface area is 181 Å². The van der Waals surface area contributed by atoms with Crippen molar-refractivity contribution in [3.8, 4) is 0 Å². The van der Waals surface area contributed by atoms with Gasteiger partial charge in [-0.15, -0.1) is 0 Å². The van der Waals surface area contributed by atoms with Crippen LogP contribution in [0, 0.1) is 5.92 Å². The number of rotatable bonds is 6. The molecular weight excluding hydrogens is 392 g/mol. The fraction of sp³-hybridized carbons (Fsp3) is 0.417. The van der Waals surface area contributed by atoms with Gasteiger partial charge in [0.25, 0.3) is 5.56 Å². The van der Waals surface area contributed by atoms with Crippen molar-refractivity contribution in [2.24, 2.45) is 5.92 Å². The van der Waals surface area contributed by atoms with E-state index in [2.05, 4.69) is 67.5 Å². The van der Waals surface area contributed by atoms with Gasteiger partial charge in [-0.3, -0.25) is 19.6 Å². The van der Waals surface area contributed by atoms with Gasteiger partial charge in [0.2, 0.25) is 0 Å². The van der Waals surface area contributed by atoms with Crippen molar-refractivity contribution >= 4 is 11.3 Å². The van der Waals surface area contributed by atoms with Crippen molar-refractivity contribution in [3.63, 3.8) is 0 Å². The third-order valence-corrected chi connectivity index (χ3v) is 7.12. The Hall–Kier alpha value is -2.28. The predicted molar refractivity (Wildman–Crippen MR) is 121 cm³/mol. The summed E-state index contributed by atoms with van der Waals surface area (Å²) in [4.78, 5) is 22.2. The molecule has 0 aromatic carbocycles. The van der Waals surface area contributed by atoms with E-state index in [0.717, 1.165) is 38.3 Å². The Morgan fingerprint density at radius 2 is 1.93 bits per heavy atom. The molecule has 6 heteroatoms. The molecule has 0 spiro atoms. The SMILES string of the molecule is CN(Cc1ccsc1)Cc1ccc2n(c1=O)C[C@H]1C[C@@H]2CN(Cc2ccncc2)C1. The minimum atomic E-state index is 0.210. The zero-order valence-corrected chi connectivity index (χ0v) is 18.2. The molecule has 156 valence electrons. The van der Waals surface area contributed by atoms with Crippen LogP contribution in [0.3, 0.4) is 0 Å². The summed E-state index contributed by atoms with van der Waals surface area (Å²) in [6, 6.07) is 10.6. The molecule has 5 heterocycles. The standard InChI is InChI=1S/C24H28N4OS/c1-26(11-19-6-9-30-17-19)15-21-2-3-23-22-10-20(14-28(23)24(21)29)13-27(16-22)12-18-4-7-25-8-5-18/h2-9,17,20,22H,10-16H2,1H3/t20-,22+/m0/s1. The van der Waals surface area contributed by atoms with Gasteiger partial charge in [0.05, 0.1) is 0 Å². The first kappa shape index (κ1) is 19.7. The van der Waals surface area contributed by atoms with Crippen molar-refractivity contribution < 1.29 is 0 Å². The molecule has 2 aliphatic rings. The van der Waals surface area contributed by atoms with E-state index in [0.29, 0.717) is 18.4 Å². The normalized spacial score (nSPS) is 21.0. The van der Waals surface area contributed by atoms with Crippen LogP contribution in [0.5, 0.6) is 0 Å². The third kappa shape index (κ3) is 4.13. The monoisotopic (exact) mass is 420 g/mol. The summed E-state index contributed by atoms with van der Waals surface area (Å²) in [6.45, 7) is 5.46. The van der Waals surface area contributed by atoms with Gasteiger partial charge >= 0.3 is 0 Å². The smallest absolute Gasteiger partial charge is 0.255 e. The number of hydrogen-bond acceptors (Lipinski definition) is 5. The van der Waals surface area contributed by atoms with Crippen molar-refractivity contribution in [2.45, 2.75) is 38.5 Å². The van der Waals surface area contributed by atoms with Crippen LogP contribution in [0.15, 0.2) is 58.3 Å². The molecule has 0 N–H and O–H groups in total. The number of pyridine rings is 2. The molecule has 0 unspecified atom stereocenters. The number of likely N-dealkylation sites (tertiary alicyclic amines) is 1. The van der Waals surface area contributed by atoms with Gasteiger partial charge in [0.1, 0.15) is 0 Å². The van der Waals surface area contributed by atoms with E-state index in [9.17, 15) is 4.79 Å². The first-order chi connectivity index (χ1) is 14.7. The molecule has 0 amide bonds. The zero-order chi connectivity index (χ0) is 20.5. The van der Waals surface area contributed by atoms with Crippen LogP contribution in [-0.4, -0.2) is 39.5 Å². The Bertz CT molecular complexity index is 1050. The summed E-state index contributed by atoms with van der Waals surface area (Å²) in [7, 11) is 2.09. The molecule has 30 heavy (non-hydrogen) atoms. The largest absolute Gasteiger partial charge is 0.312 e. The highest BCUT2D eigenvalue weighted by Gasteiger charge is 2.34. The first-order valence-electron chi connectivity index (χ1n) is 10.7. The molecular formula is C24H28N4OS. The summed E-state index contributed by atoms with van der Waals surface area (Å²) in [5.74, 6) is 0.999. The maximum atomic E-state index is 13.3. The van der Waals surface area contributed by atoms with E-state index in [1.54, 1.807) is 11.3 Å². The van der Waals surface area contributed by atoms with Crippen molar-refractivity contribution in [1.29, 1.82) is 0 Å². The van der Waals surface area contributed by atoms with Gasteiger partial charge in [-0.1, -0.05) is 6.07 Å². The molecule has 2 atom stereocenters. The van der Waals surface area contributed by atoms with E-state index in [1.807, 2.05) is 12.4 Å². The molecule has 0 saturated carbocycles. The highest BCUT2D eigenvalue weighted by atomic mass is 32.1. The van der Waals surface area contributed by atoms with Crippen LogP contribution in [0.4, 0.5) is 0 Å². The number of piperidine rings is 1. The van der Waals surface area contributed by atoms with Crippen LogP contribution >= 0.6 is 11.3 Å². The Morgan fingerprint density at radius 1 is 1.07 bits per heavy atom. The minimum absolute atomic E-state index is 0.210. The van der Waals surface area contributed by atoms with Crippen LogP contribution in [0.2, 0.25) is 0 Å². The molecule has 1 saturated heterocycles. The maximum Gasteiger partial charge on any atom is 0.255 e. The average molecular weight is 421 g/mol. The van der Waals surface area contributed by atoms with Crippen molar-refractivity contribution in [1.82, 2.24) is 19.4 Å². The third-order valence-electron chi connectivity index (χ3n) is 6.39. The average Bonchev–Trinajstić information content (AvgIpc) is 3.24. The summed E-state index contributed by atoms with van der Waals surface area (Å²) >= 11 is 1.72. The lowest BCUT2D eigenvalue weighted by atomic mass is 9.83. The molecule has 2 bridgehead atoms. The van der Waals surface area contributed by atoms with Crippen molar-refractivity contribution in [3.05, 3.63) is 86.2 Å². The second kappa shape index (κ2) is 8.46. The van der Waals surface area contributed by atoms with Crippen LogP contribution in [0.25, 0.3) is 0 Å². The molecule has 0 radical (unpaired) electrons. The number of nitrogens with zero attached hydrogens (tertiary/aromatic N) is 4. The fourth-order valence-corrected chi connectivity index (χ4v) is 5.79. The van der Waals surface area contributed by atoms with Gasteiger partial charge in [-0.2, -0.15) is 11.3 Å².